The van der Waals surface area contributed by atoms with Gasteiger partial charge in [-0.25, -0.2) is 0 Å². The van der Waals surface area contributed by atoms with Gasteiger partial charge < -0.3 is 9.64 Å². The van der Waals surface area contributed by atoms with Gasteiger partial charge in [0, 0.05) is 59.9 Å². The minimum absolute atomic E-state index is 0.523. The molecule has 5 nitrogen and oxygen atoms in total. The van der Waals surface area contributed by atoms with Crippen LogP contribution in [0.4, 0.5) is 5.69 Å². The molecule has 1 N–H and O–H groups in total. The molecule has 3 aromatic rings. The third kappa shape index (κ3) is 3.86. The molecule has 1 saturated carbocycles. The molecule has 0 amide bonds. The smallest absolute Gasteiger partial charge is 0.108 e. The number of aromatic amines is 1. The summed E-state index contributed by atoms with van der Waals surface area (Å²) in [6.07, 6.45) is 6.29. The van der Waals surface area contributed by atoms with Crippen molar-refractivity contribution in [3.63, 3.8) is 0 Å². The van der Waals surface area contributed by atoms with Crippen molar-refractivity contribution >= 4 is 17.0 Å². The van der Waals surface area contributed by atoms with Crippen LogP contribution in [-0.2, 0) is 11.2 Å². The molecule has 2 saturated heterocycles. The summed E-state index contributed by atoms with van der Waals surface area (Å²) in [5, 5.41) is 10.2. The molecule has 7 rings (SSSR count). The van der Waals surface area contributed by atoms with E-state index in [2.05, 4.69) is 56.4 Å². The SMILES string of the molecule is C(#Cc1cc(-c2n[nH]c3c2Cc2cc(N4CCN5CCCC5C4)ccc2-3)cs1)COCC1CC1. The van der Waals surface area contributed by atoms with Crippen molar-refractivity contribution in [3.8, 4) is 34.4 Å². The van der Waals surface area contributed by atoms with Gasteiger partial charge in [0.1, 0.15) is 6.61 Å². The number of hydrogen-bond acceptors (Lipinski definition) is 5. The zero-order valence-corrected chi connectivity index (χ0v) is 20.3. The Labute approximate surface area is 205 Å². The monoisotopic (exact) mass is 470 g/mol. The standard InChI is InChI=1S/C28H30N4OS/c1-3-23-16-32(11-10-31(23)9-1)22-7-8-25-20(13-22)15-26-27(29-30-28(25)26)21-14-24(34-18-21)4-2-12-33-17-19-5-6-19/h7-8,13-14,18-19,23H,1,3,5-6,9-12,15-17H2,(H,29,30). The zero-order valence-electron chi connectivity index (χ0n) is 19.5. The van der Waals surface area contributed by atoms with E-state index < -0.39 is 0 Å². The molecule has 2 aliphatic carbocycles. The van der Waals surface area contributed by atoms with E-state index in [1.807, 2.05) is 0 Å². The summed E-state index contributed by atoms with van der Waals surface area (Å²) >= 11 is 1.69. The molecule has 4 heterocycles. The molecule has 4 aliphatic rings. The van der Waals surface area contributed by atoms with Crippen LogP contribution in [0.5, 0.6) is 0 Å². The van der Waals surface area contributed by atoms with Gasteiger partial charge in [0.15, 0.2) is 0 Å². The lowest BCUT2D eigenvalue weighted by Gasteiger charge is -2.39. The number of hydrogen-bond donors (Lipinski definition) is 1. The molecule has 1 unspecified atom stereocenters. The number of piperazine rings is 1. The summed E-state index contributed by atoms with van der Waals surface area (Å²) in [6.45, 7) is 6.18. The van der Waals surface area contributed by atoms with Crippen LogP contribution in [0.25, 0.3) is 22.5 Å². The molecule has 3 fully saturated rings. The lowest BCUT2D eigenvalue weighted by atomic mass is 10.1. The summed E-state index contributed by atoms with van der Waals surface area (Å²) in [5.41, 5.74) is 8.83. The predicted octanol–water partition coefficient (Wildman–Crippen LogP) is 4.77. The quantitative estimate of drug-likeness (QED) is 0.337. The molecule has 1 atom stereocenters. The molecule has 0 spiro atoms. The number of aromatic nitrogens is 2. The van der Waals surface area contributed by atoms with E-state index in [0.717, 1.165) is 47.7 Å². The van der Waals surface area contributed by atoms with Gasteiger partial charge in [-0.15, -0.1) is 11.3 Å². The molecule has 0 bridgehead atoms. The van der Waals surface area contributed by atoms with Crippen molar-refractivity contribution in [2.75, 3.05) is 44.3 Å². The summed E-state index contributed by atoms with van der Waals surface area (Å²) in [4.78, 5) is 6.34. The fourth-order valence-electron chi connectivity index (χ4n) is 5.79. The van der Waals surface area contributed by atoms with Crippen LogP contribution >= 0.6 is 11.3 Å². The van der Waals surface area contributed by atoms with E-state index in [1.54, 1.807) is 11.3 Å². The third-order valence-corrected chi connectivity index (χ3v) is 8.70. The summed E-state index contributed by atoms with van der Waals surface area (Å²) in [6, 6.07) is 9.94. The molecule has 174 valence electrons. The van der Waals surface area contributed by atoms with E-state index in [9.17, 15) is 0 Å². The van der Waals surface area contributed by atoms with E-state index in [0.29, 0.717) is 6.61 Å². The summed E-state index contributed by atoms with van der Waals surface area (Å²) < 4.78 is 5.64. The first-order valence-electron chi connectivity index (χ1n) is 12.7. The number of thiophene rings is 1. The van der Waals surface area contributed by atoms with Gasteiger partial charge in [-0.3, -0.25) is 10.00 Å². The predicted molar refractivity (Wildman–Crippen MR) is 137 cm³/mol. The summed E-state index contributed by atoms with van der Waals surface area (Å²) in [5.74, 6) is 7.21. The van der Waals surface area contributed by atoms with Crippen molar-refractivity contribution in [3.05, 3.63) is 45.6 Å². The molecule has 1 aromatic carbocycles. The average molecular weight is 471 g/mol. The van der Waals surface area contributed by atoms with Crippen LogP contribution in [0.1, 0.15) is 41.7 Å². The molecule has 6 heteroatoms. The molecular formula is C28H30N4OS. The number of fused-ring (bicyclic) bond motifs is 4. The maximum Gasteiger partial charge on any atom is 0.108 e. The number of benzene rings is 1. The molecule has 2 aliphatic heterocycles. The zero-order chi connectivity index (χ0) is 22.5. The first-order valence-corrected chi connectivity index (χ1v) is 13.5. The molecule has 34 heavy (non-hydrogen) atoms. The van der Waals surface area contributed by atoms with Gasteiger partial charge >= 0.3 is 0 Å². The van der Waals surface area contributed by atoms with E-state index in [1.165, 1.54) is 73.4 Å². The van der Waals surface area contributed by atoms with Crippen molar-refractivity contribution in [2.45, 2.75) is 38.1 Å². The number of anilines is 1. The fourth-order valence-corrected chi connectivity index (χ4v) is 6.55. The van der Waals surface area contributed by atoms with Crippen LogP contribution in [0.3, 0.4) is 0 Å². The summed E-state index contributed by atoms with van der Waals surface area (Å²) in [7, 11) is 0. The third-order valence-electron chi connectivity index (χ3n) is 7.85. The topological polar surface area (TPSA) is 44.4 Å². The van der Waals surface area contributed by atoms with Crippen LogP contribution in [0, 0.1) is 17.8 Å². The van der Waals surface area contributed by atoms with Crippen LogP contribution in [0.2, 0.25) is 0 Å². The van der Waals surface area contributed by atoms with E-state index in [-0.39, 0.29) is 0 Å². The Balaban J connectivity index is 1.06. The first kappa shape index (κ1) is 20.8. The molecular weight excluding hydrogens is 440 g/mol. The molecule has 0 radical (unpaired) electrons. The van der Waals surface area contributed by atoms with Gasteiger partial charge in [0.25, 0.3) is 0 Å². The Morgan fingerprint density at radius 3 is 3.06 bits per heavy atom. The van der Waals surface area contributed by atoms with Gasteiger partial charge in [0.2, 0.25) is 0 Å². The lowest BCUT2D eigenvalue weighted by Crippen LogP contribution is -2.50. The second-order valence-electron chi connectivity index (χ2n) is 10.2. The Bertz CT molecular complexity index is 1280. The van der Waals surface area contributed by atoms with Gasteiger partial charge in [-0.1, -0.05) is 17.9 Å². The highest BCUT2D eigenvalue weighted by atomic mass is 32.1. The highest BCUT2D eigenvalue weighted by Gasteiger charge is 2.32. The fraction of sp³-hybridized carbons (Fsp3) is 0.464. The van der Waals surface area contributed by atoms with Crippen molar-refractivity contribution in [1.82, 2.24) is 15.1 Å². The van der Waals surface area contributed by atoms with Gasteiger partial charge in [-0.05, 0) is 61.9 Å². The normalized spacial score (nSPS) is 21.2. The van der Waals surface area contributed by atoms with E-state index >= 15 is 0 Å². The average Bonchev–Trinajstić information content (AvgIpc) is 3.23. The number of nitrogens with zero attached hydrogens (tertiary/aromatic N) is 3. The number of ether oxygens (including phenoxy) is 1. The Morgan fingerprint density at radius 2 is 2.12 bits per heavy atom. The lowest BCUT2D eigenvalue weighted by molar-refractivity contribution is 0.156. The molecule has 2 aromatic heterocycles. The van der Waals surface area contributed by atoms with Crippen LogP contribution in [-0.4, -0.2) is 60.5 Å². The number of rotatable bonds is 5. The van der Waals surface area contributed by atoms with Crippen molar-refractivity contribution in [1.29, 1.82) is 0 Å². The highest BCUT2D eigenvalue weighted by Crippen LogP contribution is 2.42. The van der Waals surface area contributed by atoms with E-state index in [4.69, 9.17) is 9.84 Å². The Hall–Kier alpha value is -2.59. The minimum atomic E-state index is 0.523. The van der Waals surface area contributed by atoms with Crippen LogP contribution < -0.4 is 4.90 Å². The Kier molecular flexibility index (Phi) is 5.23. The second kappa shape index (κ2) is 8.57. The highest BCUT2D eigenvalue weighted by molar-refractivity contribution is 7.11. The van der Waals surface area contributed by atoms with Gasteiger partial charge in [-0.2, -0.15) is 5.10 Å². The maximum absolute atomic E-state index is 5.64. The maximum atomic E-state index is 5.64. The number of H-pyrrole nitrogens is 1. The minimum Gasteiger partial charge on any atom is -0.369 e. The number of nitrogens with one attached hydrogen (secondary N) is 1. The second-order valence-corrected chi connectivity index (χ2v) is 11.1. The van der Waals surface area contributed by atoms with Crippen LogP contribution in [0.15, 0.2) is 29.6 Å². The van der Waals surface area contributed by atoms with Crippen molar-refractivity contribution < 1.29 is 4.74 Å². The van der Waals surface area contributed by atoms with Gasteiger partial charge in [0.05, 0.1) is 22.9 Å². The van der Waals surface area contributed by atoms with Crippen molar-refractivity contribution in [2.24, 2.45) is 5.92 Å². The Morgan fingerprint density at radius 1 is 1.15 bits per heavy atom. The largest absolute Gasteiger partial charge is 0.369 e. The first-order chi connectivity index (χ1) is 16.8.